The van der Waals surface area contributed by atoms with Gasteiger partial charge in [-0.3, -0.25) is 4.79 Å². The van der Waals surface area contributed by atoms with E-state index in [2.05, 4.69) is 6.92 Å². The standard InChI is InChI=1S/C22H34O3/c1-3-4-5-6-7-8-9-10-11-12-13-20(23)18-22(24)19-14-16-21(25-2)17-15-19/h12-17,22,24H,3-11,18H2,1-2H3/b13-12+/t22-/m0/s1. The minimum absolute atomic E-state index is 0.0251. The van der Waals surface area contributed by atoms with Gasteiger partial charge in [0.1, 0.15) is 5.75 Å². The SMILES string of the molecule is CCCCCCCCCC/C=C/C(=O)C[C@H](O)c1ccc(OC)cc1. The van der Waals surface area contributed by atoms with Gasteiger partial charge in [0.05, 0.1) is 13.2 Å². The molecule has 1 aromatic carbocycles. The Morgan fingerprint density at radius 2 is 1.64 bits per heavy atom. The lowest BCUT2D eigenvalue weighted by atomic mass is 10.0. The molecule has 140 valence electrons. The molecule has 1 N–H and O–H groups in total. The molecular formula is C22H34O3. The van der Waals surface area contributed by atoms with E-state index in [1.54, 1.807) is 37.5 Å². The topological polar surface area (TPSA) is 46.5 Å². The zero-order valence-electron chi connectivity index (χ0n) is 15.9. The maximum atomic E-state index is 11.9. The van der Waals surface area contributed by atoms with Crippen LogP contribution in [0.2, 0.25) is 0 Å². The highest BCUT2D eigenvalue weighted by atomic mass is 16.5. The molecule has 0 bridgehead atoms. The monoisotopic (exact) mass is 346 g/mol. The smallest absolute Gasteiger partial charge is 0.158 e. The van der Waals surface area contributed by atoms with Crippen molar-refractivity contribution in [2.75, 3.05) is 7.11 Å². The predicted molar refractivity (Wildman–Crippen MR) is 104 cm³/mol. The maximum Gasteiger partial charge on any atom is 0.158 e. The number of benzene rings is 1. The summed E-state index contributed by atoms with van der Waals surface area (Å²) in [6.07, 6.45) is 14.2. The van der Waals surface area contributed by atoms with Gasteiger partial charge in [-0.15, -0.1) is 0 Å². The van der Waals surface area contributed by atoms with Crippen molar-refractivity contribution in [1.29, 1.82) is 0 Å². The van der Waals surface area contributed by atoms with Crippen molar-refractivity contribution >= 4 is 5.78 Å². The van der Waals surface area contributed by atoms with Gasteiger partial charge in [0.2, 0.25) is 0 Å². The number of ether oxygens (including phenoxy) is 1. The van der Waals surface area contributed by atoms with E-state index in [1.807, 2.05) is 6.08 Å². The zero-order chi connectivity index (χ0) is 18.3. The van der Waals surface area contributed by atoms with Crippen molar-refractivity contribution in [3.8, 4) is 5.75 Å². The Kier molecular flexibility index (Phi) is 11.7. The number of methoxy groups -OCH3 is 1. The normalized spacial score (nSPS) is 12.4. The molecule has 0 aliphatic heterocycles. The summed E-state index contributed by atoms with van der Waals surface area (Å²) >= 11 is 0. The minimum Gasteiger partial charge on any atom is -0.497 e. The van der Waals surface area contributed by atoms with Crippen molar-refractivity contribution < 1.29 is 14.6 Å². The molecule has 0 radical (unpaired) electrons. The van der Waals surface area contributed by atoms with Crippen LogP contribution in [-0.4, -0.2) is 18.0 Å². The lowest BCUT2D eigenvalue weighted by molar-refractivity contribution is -0.116. The third-order valence-electron chi connectivity index (χ3n) is 4.42. The summed E-state index contributed by atoms with van der Waals surface area (Å²) in [6, 6.07) is 7.17. The van der Waals surface area contributed by atoms with E-state index < -0.39 is 6.10 Å². The highest BCUT2D eigenvalue weighted by Gasteiger charge is 2.11. The van der Waals surface area contributed by atoms with Crippen LogP contribution in [0, 0.1) is 0 Å². The molecule has 3 heteroatoms. The number of allylic oxidation sites excluding steroid dienone is 2. The molecule has 1 rings (SSSR count). The second kappa shape index (κ2) is 13.7. The van der Waals surface area contributed by atoms with Gasteiger partial charge in [0.15, 0.2) is 5.78 Å². The summed E-state index contributed by atoms with van der Waals surface area (Å²) in [5, 5.41) is 10.1. The van der Waals surface area contributed by atoms with Crippen LogP contribution in [-0.2, 0) is 4.79 Å². The van der Waals surface area contributed by atoms with Crippen LogP contribution in [0.4, 0.5) is 0 Å². The Morgan fingerprint density at radius 1 is 1.04 bits per heavy atom. The average molecular weight is 347 g/mol. The summed E-state index contributed by atoms with van der Waals surface area (Å²) in [5.74, 6) is 0.718. The molecule has 1 atom stereocenters. The molecular weight excluding hydrogens is 312 g/mol. The largest absolute Gasteiger partial charge is 0.497 e. The van der Waals surface area contributed by atoms with E-state index in [1.165, 1.54) is 44.9 Å². The summed E-state index contributed by atoms with van der Waals surface area (Å²) in [4.78, 5) is 11.9. The number of unbranched alkanes of at least 4 members (excludes halogenated alkanes) is 8. The first-order valence-corrected chi connectivity index (χ1v) is 9.68. The zero-order valence-corrected chi connectivity index (χ0v) is 15.9. The Balaban J connectivity index is 2.13. The lowest BCUT2D eigenvalue weighted by Crippen LogP contribution is -2.04. The quantitative estimate of drug-likeness (QED) is 0.343. The number of aliphatic hydroxyl groups excluding tert-OH is 1. The highest BCUT2D eigenvalue weighted by Crippen LogP contribution is 2.20. The second-order valence-corrected chi connectivity index (χ2v) is 6.63. The fourth-order valence-corrected chi connectivity index (χ4v) is 2.81. The van der Waals surface area contributed by atoms with Crippen molar-refractivity contribution in [2.24, 2.45) is 0 Å². The third-order valence-corrected chi connectivity index (χ3v) is 4.42. The van der Waals surface area contributed by atoms with Crippen molar-refractivity contribution in [3.63, 3.8) is 0 Å². The van der Waals surface area contributed by atoms with E-state index in [9.17, 15) is 9.90 Å². The van der Waals surface area contributed by atoms with Gasteiger partial charge in [-0.1, -0.05) is 70.1 Å². The molecule has 0 aliphatic rings. The highest BCUT2D eigenvalue weighted by molar-refractivity contribution is 5.90. The molecule has 0 aromatic heterocycles. The number of rotatable bonds is 14. The minimum atomic E-state index is -0.758. The molecule has 1 aromatic rings. The van der Waals surface area contributed by atoms with Crippen LogP contribution in [0.5, 0.6) is 5.75 Å². The Labute approximate surface area is 153 Å². The number of carbonyl (C=O) groups excluding carboxylic acids is 1. The summed E-state index contributed by atoms with van der Waals surface area (Å²) in [7, 11) is 1.60. The molecule has 3 nitrogen and oxygen atoms in total. The summed E-state index contributed by atoms with van der Waals surface area (Å²) in [5.41, 5.74) is 0.741. The number of ketones is 1. The number of aliphatic hydroxyl groups is 1. The Bertz CT molecular complexity index is 490. The first kappa shape index (κ1) is 21.4. The molecule has 0 saturated carbocycles. The number of hydrogen-bond donors (Lipinski definition) is 1. The Hall–Kier alpha value is -1.61. The van der Waals surface area contributed by atoms with E-state index in [-0.39, 0.29) is 12.2 Å². The molecule has 0 fully saturated rings. The van der Waals surface area contributed by atoms with E-state index in [4.69, 9.17) is 4.74 Å². The molecule has 25 heavy (non-hydrogen) atoms. The summed E-state index contributed by atoms with van der Waals surface area (Å²) in [6.45, 7) is 2.24. The fraction of sp³-hybridized carbons (Fsp3) is 0.591. The van der Waals surface area contributed by atoms with Gasteiger partial charge < -0.3 is 9.84 Å². The average Bonchev–Trinajstić information content (AvgIpc) is 2.63. The van der Waals surface area contributed by atoms with Crippen molar-refractivity contribution in [1.82, 2.24) is 0 Å². The molecule has 0 unspecified atom stereocenters. The molecule has 0 heterocycles. The van der Waals surface area contributed by atoms with Gasteiger partial charge in [0, 0.05) is 6.42 Å². The summed E-state index contributed by atoms with van der Waals surface area (Å²) < 4.78 is 5.09. The molecule has 0 spiro atoms. The van der Waals surface area contributed by atoms with Gasteiger partial charge in [-0.2, -0.15) is 0 Å². The van der Waals surface area contributed by atoms with Gasteiger partial charge >= 0.3 is 0 Å². The second-order valence-electron chi connectivity index (χ2n) is 6.63. The van der Waals surface area contributed by atoms with Crippen LogP contribution in [0.3, 0.4) is 0 Å². The van der Waals surface area contributed by atoms with E-state index in [0.29, 0.717) is 0 Å². The van der Waals surface area contributed by atoms with Gasteiger partial charge in [-0.25, -0.2) is 0 Å². The van der Waals surface area contributed by atoms with Crippen LogP contribution in [0.25, 0.3) is 0 Å². The molecule has 0 amide bonds. The first-order chi connectivity index (χ1) is 12.2. The van der Waals surface area contributed by atoms with Gasteiger partial charge in [-0.05, 0) is 36.6 Å². The molecule has 0 saturated heterocycles. The van der Waals surface area contributed by atoms with Crippen LogP contribution < -0.4 is 4.74 Å². The lowest BCUT2D eigenvalue weighted by Gasteiger charge is -2.09. The van der Waals surface area contributed by atoms with Crippen LogP contribution >= 0.6 is 0 Å². The van der Waals surface area contributed by atoms with Crippen molar-refractivity contribution in [3.05, 3.63) is 42.0 Å². The van der Waals surface area contributed by atoms with Gasteiger partial charge in [0.25, 0.3) is 0 Å². The fourth-order valence-electron chi connectivity index (χ4n) is 2.81. The van der Waals surface area contributed by atoms with E-state index >= 15 is 0 Å². The first-order valence-electron chi connectivity index (χ1n) is 9.68. The van der Waals surface area contributed by atoms with Crippen LogP contribution in [0.15, 0.2) is 36.4 Å². The van der Waals surface area contributed by atoms with E-state index in [0.717, 1.165) is 24.2 Å². The predicted octanol–water partition coefficient (Wildman–Crippen LogP) is 5.77. The number of hydrogen-bond acceptors (Lipinski definition) is 3. The Morgan fingerprint density at radius 3 is 2.24 bits per heavy atom. The van der Waals surface area contributed by atoms with Crippen LogP contribution in [0.1, 0.15) is 82.8 Å². The third kappa shape index (κ3) is 10.1. The van der Waals surface area contributed by atoms with Crippen molar-refractivity contribution in [2.45, 2.75) is 77.2 Å². The number of carbonyl (C=O) groups is 1. The molecule has 0 aliphatic carbocycles. The maximum absolute atomic E-state index is 11.9.